The third-order valence-corrected chi connectivity index (χ3v) is 2.93. The van der Waals surface area contributed by atoms with Crippen molar-refractivity contribution in [2.24, 2.45) is 0 Å². The lowest BCUT2D eigenvalue weighted by atomic mass is 10.1. The molecule has 0 spiro atoms. The molecular formula is C13H19N3O. The molecule has 1 aliphatic heterocycles. The summed E-state index contributed by atoms with van der Waals surface area (Å²) in [5.41, 5.74) is 1.87. The number of hydrogen-bond acceptors (Lipinski definition) is 3. The van der Waals surface area contributed by atoms with Gasteiger partial charge >= 0.3 is 0 Å². The van der Waals surface area contributed by atoms with E-state index >= 15 is 0 Å². The minimum atomic E-state index is 0.00415. The molecule has 17 heavy (non-hydrogen) atoms. The number of anilines is 1. The topological polar surface area (TPSA) is 44.4 Å². The van der Waals surface area contributed by atoms with Gasteiger partial charge in [0.15, 0.2) is 0 Å². The standard InChI is InChI=1S/C13H19N3O/c1-2-15-13(17)11-4-3-5-12(10-11)16-8-6-14-7-9-16/h3-5,10,14H,2,6-9H2,1H3,(H,15,17). The second-order valence-electron chi connectivity index (χ2n) is 4.15. The van der Waals surface area contributed by atoms with E-state index < -0.39 is 0 Å². The molecule has 0 bridgehead atoms. The van der Waals surface area contributed by atoms with Crippen molar-refractivity contribution in [1.29, 1.82) is 0 Å². The molecule has 1 aliphatic rings. The molecule has 1 saturated heterocycles. The van der Waals surface area contributed by atoms with Gasteiger partial charge in [-0.15, -0.1) is 0 Å². The SMILES string of the molecule is CCNC(=O)c1cccc(N2CCNCC2)c1. The van der Waals surface area contributed by atoms with Crippen LogP contribution in [-0.4, -0.2) is 38.6 Å². The van der Waals surface area contributed by atoms with E-state index in [9.17, 15) is 4.79 Å². The van der Waals surface area contributed by atoms with Crippen LogP contribution in [0, 0.1) is 0 Å². The molecule has 0 atom stereocenters. The zero-order valence-electron chi connectivity index (χ0n) is 10.2. The molecular weight excluding hydrogens is 214 g/mol. The summed E-state index contributed by atoms with van der Waals surface area (Å²) in [6, 6.07) is 7.84. The van der Waals surface area contributed by atoms with Crippen molar-refractivity contribution in [2.75, 3.05) is 37.6 Å². The maximum atomic E-state index is 11.7. The monoisotopic (exact) mass is 233 g/mol. The molecule has 2 rings (SSSR count). The van der Waals surface area contributed by atoms with Gasteiger partial charge in [0, 0.05) is 44.0 Å². The van der Waals surface area contributed by atoms with E-state index in [1.54, 1.807) is 0 Å². The Morgan fingerprint density at radius 3 is 2.88 bits per heavy atom. The average molecular weight is 233 g/mol. The third kappa shape index (κ3) is 2.97. The first kappa shape index (κ1) is 11.9. The Kier molecular flexibility index (Phi) is 3.98. The summed E-state index contributed by atoms with van der Waals surface area (Å²) < 4.78 is 0. The first-order valence-electron chi connectivity index (χ1n) is 6.15. The number of hydrogen-bond donors (Lipinski definition) is 2. The Bertz CT molecular complexity index is 386. The van der Waals surface area contributed by atoms with Crippen LogP contribution in [0.3, 0.4) is 0 Å². The first-order chi connectivity index (χ1) is 8.31. The third-order valence-electron chi connectivity index (χ3n) is 2.93. The summed E-state index contributed by atoms with van der Waals surface area (Å²) >= 11 is 0. The number of carbonyl (C=O) groups excluding carboxylic acids is 1. The number of carbonyl (C=O) groups is 1. The maximum Gasteiger partial charge on any atom is 0.251 e. The zero-order chi connectivity index (χ0) is 12.1. The van der Waals surface area contributed by atoms with Crippen LogP contribution in [0.15, 0.2) is 24.3 Å². The maximum absolute atomic E-state index is 11.7. The van der Waals surface area contributed by atoms with Crippen molar-refractivity contribution in [3.63, 3.8) is 0 Å². The Morgan fingerprint density at radius 2 is 2.18 bits per heavy atom. The van der Waals surface area contributed by atoms with Gasteiger partial charge in [-0.05, 0) is 25.1 Å². The molecule has 92 valence electrons. The van der Waals surface area contributed by atoms with Crippen molar-refractivity contribution in [3.05, 3.63) is 29.8 Å². The van der Waals surface area contributed by atoms with E-state index in [2.05, 4.69) is 21.6 Å². The van der Waals surface area contributed by atoms with Gasteiger partial charge < -0.3 is 15.5 Å². The average Bonchev–Trinajstić information content (AvgIpc) is 2.40. The van der Waals surface area contributed by atoms with E-state index in [0.717, 1.165) is 37.4 Å². The summed E-state index contributed by atoms with van der Waals surface area (Å²) in [5, 5.41) is 6.14. The lowest BCUT2D eigenvalue weighted by molar-refractivity contribution is 0.0956. The largest absolute Gasteiger partial charge is 0.369 e. The van der Waals surface area contributed by atoms with Gasteiger partial charge in [0.2, 0.25) is 0 Å². The highest BCUT2D eigenvalue weighted by Gasteiger charge is 2.12. The summed E-state index contributed by atoms with van der Waals surface area (Å²) in [7, 11) is 0. The molecule has 1 amide bonds. The number of amides is 1. The van der Waals surface area contributed by atoms with Crippen LogP contribution in [0.4, 0.5) is 5.69 Å². The number of piperazine rings is 1. The van der Waals surface area contributed by atoms with Gasteiger partial charge in [-0.3, -0.25) is 4.79 Å². The Hall–Kier alpha value is -1.55. The summed E-state index contributed by atoms with van der Waals surface area (Å²) in [6.45, 7) is 6.60. The summed E-state index contributed by atoms with van der Waals surface area (Å²) in [4.78, 5) is 14.0. The van der Waals surface area contributed by atoms with Crippen molar-refractivity contribution in [1.82, 2.24) is 10.6 Å². The van der Waals surface area contributed by atoms with Gasteiger partial charge in [-0.1, -0.05) is 6.07 Å². The van der Waals surface area contributed by atoms with Gasteiger partial charge in [0.25, 0.3) is 5.91 Å². The Morgan fingerprint density at radius 1 is 1.41 bits per heavy atom. The molecule has 1 heterocycles. The van der Waals surface area contributed by atoms with Crippen LogP contribution < -0.4 is 15.5 Å². The quantitative estimate of drug-likeness (QED) is 0.813. The highest BCUT2D eigenvalue weighted by molar-refractivity contribution is 5.95. The van der Waals surface area contributed by atoms with Gasteiger partial charge in [-0.2, -0.15) is 0 Å². The Labute approximate surface area is 102 Å². The molecule has 1 aromatic carbocycles. The zero-order valence-corrected chi connectivity index (χ0v) is 10.2. The molecule has 0 radical (unpaired) electrons. The molecule has 0 aromatic heterocycles. The van der Waals surface area contributed by atoms with Crippen molar-refractivity contribution in [2.45, 2.75) is 6.92 Å². The van der Waals surface area contributed by atoms with E-state index in [4.69, 9.17) is 0 Å². The predicted molar refractivity (Wildman–Crippen MR) is 69.5 cm³/mol. The fourth-order valence-electron chi connectivity index (χ4n) is 2.03. The van der Waals surface area contributed by atoms with E-state index in [1.165, 1.54) is 0 Å². The molecule has 1 fully saturated rings. The summed E-state index contributed by atoms with van der Waals surface area (Å²) in [6.07, 6.45) is 0. The number of nitrogens with zero attached hydrogens (tertiary/aromatic N) is 1. The lowest BCUT2D eigenvalue weighted by Gasteiger charge is -2.29. The van der Waals surface area contributed by atoms with Crippen LogP contribution in [0.2, 0.25) is 0 Å². The number of nitrogens with one attached hydrogen (secondary N) is 2. The van der Waals surface area contributed by atoms with Crippen LogP contribution in [0.5, 0.6) is 0 Å². The van der Waals surface area contributed by atoms with E-state index in [1.807, 2.05) is 25.1 Å². The van der Waals surface area contributed by atoms with Gasteiger partial charge in [-0.25, -0.2) is 0 Å². The molecule has 4 nitrogen and oxygen atoms in total. The molecule has 1 aromatic rings. The minimum Gasteiger partial charge on any atom is -0.369 e. The molecule has 0 aliphatic carbocycles. The molecule has 0 saturated carbocycles. The Balaban J connectivity index is 2.12. The predicted octanol–water partition coefficient (Wildman–Crippen LogP) is 0.846. The second-order valence-corrected chi connectivity index (χ2v) is 4.15. The highest BCUT2D eigenvalue weighted by atomic mass is 16.1. The van der Waals surface area contributed by atoms with Gasteiger partial charge in [0.1, 0.15) is 0 Å². The number of rotatable bonds is 3. The smallest absolute Gasteiger partial charge is 0.251 e. The molecule has 4 heteroatoms. The van der Waals surface area contributed by atoms with Gasteiger partial charge in [0.05, 0.1) is 0 Å². The molecule has 0 unspecified atom stereocenters. The van der Waals surface area contributed by atoms with Crippen LogP contribution >= 0.6 is 0 Å². The minimum absolute atomic E-state index is 0.00415. The van der Waals surface area contributed by atoms with Crippen LogP contribution in [-0.2, 0) is 0 Å². The van der Waals surface area contributed by atoms with Crippen molar-refractivity contribution >= 4 is 11.6 Å². The second kappa shape index (κ2) is 5.68. The van der Waals surface area contributed by atoms with Crippen LogP contribution in [0.1, 0.15) is 17.3 Å². The first-order valence-corrected chi connectivity index (χ1v) is 6.15. The van der Waals surface area contributed by atoms with Crippen molar-refractivity contribution in [3.8, 4) is 0 Å². The highest BCUT2D eigenvalue weighted by Crippen LogP contribution is 2.16. The fraction of sp³-hybridized carbons (Fsp3) is 0.462. The van der Waals surface area contributed by atoms with Crippen molar-refractivity contribution < 1.29 is 4.79 Å². The normalized spacial score (nSPS) is 15.7. The fourth-order valence-corrected chi connectivity index (χ4v) is 2.03. The molecule has 2 N–H and O–H groups in total. The van der Waals surface area contributed by atoms with Crippen LogP contribution in [0.25, 0.3) is 0 Å². The lowest BCUT2D eigenvalue weighted by Crippen LogP contribution is -2.43. The van der Waals surface area contributed by atoms with E-state index in [0.29, 0.717) is 6.54 Å². The number of benzene rings is 1. The van der Waals surface area contributed by atoms with E-state index in [-0.39, 0.29) is 5.91 Å². The summed E-state index contributed by atoms with van der Waals surface area (Å²) in [5.74, 6) is 0.00415.